The molecule has 3 heteroatoms. The number of aromatic nitrogens is 2. The molecule has 23 heavy (non-hydrogen) atoms. The summed E-state index contributed by atoms with van der Waals surface area (Å²) < 4.78 is 0. The van der Waals surface area contributed by atoms with Gasteiger partial charge in [-0.15, -0.1) is 0 Å². The van der Waals surface area contributed by atoms with Crippen molar-refractivity contribution >= 4 is 0 Å². The first-order valence-electron chi connectivity index (χ1n) is 9.46. The molecular weight excluding hydrogens is 282 g/mol. The summed E-state index contributed by atoms with van der Waals surface area (Å²) >= 11 is 0. The summed E-state index contributed by atoms with van der Waals surface area (Å²) in [5.41, 5.74) is 0.692. The van der Waals surface area contributed by atoms with E-state index in [4.69, 9.17) is 0 Å². The molecule has 1 saturated carbocycles. The van der Waals surface area contributed by atoms with Gasteiger partial charge in [0.05, 0.1) is 11.5 Å². The molecule has 1 aliphatic rings. The summed E-state index contributed by atoms with van der Waals surface area (Å²) in [4.78, 5) is 9.00. The minimum atomic E-state index is -0.343. The van der Waals surface area contributed by atoms with Crippen molar-refractivity contribution in [3.05, 3.63) is 23.8 Å². The molecule has 1 aromatic rings. The first kappa shape index (κ1) is 17.9. The second-order valence-electron chi connectivity index (χ2n) is 7.12. The Morgan fingerprint density at radius 3 is 2.30 bits per heavy atom. The third-order valence-corrected chi connectivity index (χ3v) is 5.40. The molecule has 0 saturated heterocycles. The quantitative estimate of drug-likeness (QED) is 0.608. The average molecular weight is 313 g/mol. The van der Waals surface area contributed by atoms with Crippen LogP contribution in [0.25, 0.3) is 0 Å². The molecule has 0 bridgehead atoms. The molecule has 0 N–H and O–H groups in total. The van der Waals surface area contributed by atoms with E-state index in [0.717, 1.165) is 49.4 Å². The zero-order valence-corrected chi connectivity index (χ0v) is 14.9. The van der Waals surface area contributed by atoms with Gasteiger partial charge in [-0.1, -0.05) is 46.0 Å². The summed E-state index contributed by atoms with van der Waals surface area (Å²) in [6.07, 6.45) is 16.7. The highest BCUT2D eigenvalue weighted by molar-refractivity contribution is 5.29. The molecule has 0 aliphatic heterocycles. The van der Waals surface area contributed by atoms with E-state index in [9.17, 15) is 5.26 Å². The molecule has 3 nitrogen and oxygen atoms in total. The van der Waals surface area contributed by atoms with Gasteiger partial charge in [-0.3, -0.25) is 0 Å². The second-order valence-corrected chi connectivity index (χ2v) is 7.12. The highest BCUT2D eigenvalue weighted by Crippen LogP contribution is 2.42. The number of unbranched alkanes of at least 4 members (excludes halogenated alkanes) is 3. The summed E-state index contributed by atoms with van der Waals surface area (Å²) in [5.74, 6) is 1.73. The van der Waals surface area contributed by atoms with E-state index >= 15 is 0 Å². The van der Waals surface area contributed by atoms with E-state index in [1.165, 1.54) is 38.5 Å². The Kier molecular flexibility index (Phi) is 7.02. The van der Waals surface area contributed by atoms with Gasteiger partial charge in [0.1, 0.15) is 5.82 Å². The lowest BCUT2D eigenvalue weighted by Crippen LogP contribution is -2.30. The van der Waals surface area contributed by atoms with Crippen LogP contribution in [-0.2, 0) is 11.8 Å². The largest absolute Gasteiger partial charge is 0.241 e. The number of nitrogens with zero attached hydrogens (tertiary/aromatic N) is 3. The van der Waals surface area contributed by atoms with Crippen molar-refractivity contribution in [3.63, 3.8) is 0 Å². The first-order valence-corrected chi connectivity index (χ1v) is 9.46. The van der Waals surface area contributed by atoms with Crippen LogP contribution in [0.4, 0.5) is 0 Å². The lowest BCUT2D eigenvalue weighted by molar-refractivity contribution is 0.261. The Morgan fingerprint density at radius 2 is 1.74 bits per heavy atom. The molecule has 0 amide bonds. The van der Waals surface area contributed by atoms with Crippen molar-refractivity contribution in [2.24, 2.45) is 5.92 Å². The molecule has 0 atom stereocenters. The monoisotopic (exact) mass is 313 g/mol. The van der Waals surface area contributed by atoms with Crippen molar-refractivity contribution in [1.82, 2.24) is 9.97 Å². The van der Waals surface area contributed by atoms with Crippen LogP contribution in [0.3, 0.4) is 0 Å². The number of hydrogen-bond acceptors (Lipinski definition) is 3. The normalized spacial score (nSPS) is 24.3. The molecular formula is C20H31N3. The zero-order valence-electron chi connectivity index (χ0n) is 14.9. The molecule has 2 rings (SSSR count). The second kappa shape index (κ2) is 9.01. The van der Waals surface area contributed by atoms with Crippen LogP contribution < -0.4 is 0 Å². The highest BCUT2D eigenvalue weighted by atomic mass is 14.9. The summed E-state index contributed by atoms with van der Waals surface area (Å²) in [5, 5.41) is 9.80. The predicted molar refractivity (Wildman–Crippen MR) is 94.0 cm³/mol. The van der Waals surface area contributed by atoms with Crippen LogP contribution >= 0.6 is 0 Å². The Bertz CT molecular complexity index is 493. The van der Waals surface area contributed by atoms with E-state index in [2.05, 4.69) is 29.9 Å². The van der Waals surface area contributed by atoms with Crippen molar-refractivity contribution < 1.29 is 0 Å². The molecule has 0 aromatic carbocycles. The van der Waals surface area contributed by atoms with Crippen LogP contribution in [-0.4, -0.2) is 9.97 Å². The number of rotatable bonds is 8. The maximum Gasteiger partial charge on any atom is 0.128 e. The van der Waals surface area contributed by atoms with Crippen molar-refractivity contribution in [3.8, 4) is 6.07 Å². The number of aryl methyl sites for hydroxylation is 1. The molecule has 1 heterocycles. The van der Waals surface area contributed by atoms with Gasteiger partial charge in [0, 0.05) is 24.4 Å². The van der Waals surface area contributed by atoms with Crippen LogP contribution in [0.15, 0.2) is 12.4 Å². The van der Waals surface area contributed by atoms with Gasteiger partial charge in [0.2, 0.25) is 0 Å². The van der Waals surface area contributed by atoms with Crippen molar-refractivity contribution in [2.75, 3.05) is 0 Å². The first-order chi connectivity index (χ1) is 11.2. The molecule has 0 spiro atoms. The van der Waals surface area contributed by atoms with Crippen molar-refractivity contribution in [1.29, 1.82) is 5.26 Å². The van der Waals surface area contributed by atoms with Crippen molar-refractivity contribution in [2.45, 2.75) is 89.9 Å². The standard InChI is InChI=1S/C20H31N3/c1-3-5-7-8-17-10-12-20(16-21,13-11-17)18-14-22-19(23-15-18)9-6-4-2/h14-15,17H,3-13H2,1-2H3. The third kappa shape index (κ3) is 4.77. The van der Waals surface area contributed by atoms with Crippen LogP contribution in [0.5, 0.6) is 0 Å². The fourth-order valence-electron chi connectivity index (χ4n) is 3.67. The molecule has 1 aliphatic carbocycles. The Hall–Kier alpha value is -1.43. The van der Waals surface area contributed by atoms with E-state index in [-0.39, 0.29) is 5.41 Å². The average Bonchev–Trinajstić information content (AvgIpc) is 2.61. The molecule has 1 fully saturated rings. The Labute approximate surface area is 141 Å². The minimum Gasteiger partial charge on any atom is -0.241 e. The van der Waals surface area contributed by atoms with E-state index in [1.54, 1.807) is 0 Å². The highest BCUT2D eigenvalue weighted by Gasteiger charge is 2.37. The Balaban J connectivity index is 1.95. The van der Waals surface area contributed by atoms with Crippen LogP contribution in [0.2, 0.25) is 0 Å². The molecule has 1 aromatic heterocycles. The fraction of sp³-hybridized carbons (Fsp3) is 0.750. The van der Waals surface area contributed by atoms with E-state index in [0.29, 0.717) is 0 Å². The Morgan fingerprint density at radius 1 is 1.09 bits per heavy atom. The molecule has 0 radical (unpaired) electrons. The maximum atomic E-state index is 9.80. The predicted octanol–water partition coefficient (Wildman–Crippen LogP) is 5.35. The summed E-state index contributed by atoms with van der Waals surface area (Å²) in [6.45, 7) is 4.43. The molecule has 0 unspecified atom stereocenters. The third-order valence-electron chi connectivity index (χ3n) is 5.40. The lowest BCUT2D eigenvalue weighted by Gasteiger charge is -2.35. The van der Waals surface area contributed by atoms with Crippen LogP contribution in [0.1, 0.15) is 89.4 Å². The smallest absolute Gasteiger partial charge is 0.128 e. The zero-order chi connectivity index (χ0) is 16.5. The minimum absolute atomic E-state index is 0.343. The summed E-state index contributed by atoms with van der Waals surface area (Å²) in [7, 11) is 0. The molecule has 126 valence electrons. The van der Waals surface area contributed by atoms with E-state index in [1.807, 2.05) is 12.4 Å². The van der Waals surface area contributed by atoms with Gasteiger partial charge in [-0.25, -0.2) is 9.97 Å². The van der Waals surface area contributed by atoms with Crippen LogP contribution in [0, 0.1) is 17.2 Å². The van der Waals surface area contributed by atoms with Gasteiger partial charge in [0.25, 0.3) is 0 Å². The van der Waals surface area contributed by atoms with Gasteiger partial charge in [0.15, 0.2) is 0 Å². The fourth-order valence-corrected chi connectivity index (χ4v) is 3.67. The number of nitriles is 1. The van der Waals surface area contributed by atoms with E-state index < -0.39 is 0 Å². The number of hydrogen-bond donors (Lipinski definition) is 0. The lowest BCUT2D eigenvalue weighted by atomic mass is 9.67. The SMILES string of the molecule is CCCCCC1CCC(C#N)(c2cnc(CCCC)nc2)CC1. The maximum absolute atomic E-state index is 9.80. The van der Waals surface area contributed by atoms with Gasteiger partial charge >= 0.3 is 0 Å². The summed E-state index contributed by atoms with van der Waals surface area (Å²) in [6, 6.07) is 2.60. The topological polar surface area (TPSA) is 49.6 Å². The van der Waals surface area contributed by atoms with Gasteiger partial charge in [-0.05, 0) is 38.0 Å². The van der Waals surface area contributed by atoms with Gasteiger partial charge < -0.3 is 0 Å². The van der Waals surface area contributed by atoms with Gasteiger partial charge in [-0.2, -0.15) is 5.26 Å².